The van der Waals surface area contributed by atoms with Gasteiger partial charge in [-0.25, -0.2) is 14.8 Å². The standard InChI is InChI=1S/C35H33ClN8O2/c36-31-23-38-34-41-29-18-25(10-16-46-30-8-4-7-28(21-30)40-33(31)42-34)17-27(19-29)26-9-11-37-32(20-26)43-12-14-44(15-13-43)35(45)39-22-24-5-2-1-3-6-24/h1-9,11,17-21,23H,10,12-16,22H2,(H,39,45)(H2,38,40,41,42). The summed E-state index contributed by atoms with van der Waals surface area (Å²) in [5.41, 5.74) is 5.93. The summed E-state index contributed by atoms with van der Waals surface area (Å²) in [6.07, 6.45) is 4.13. The van der Waals surface area contributed by atoms with Crippen LogP contribution in [0.1, 0.15) is 11.1 Å². The van der Waals surface area contributed by atoms with Gasteiger partial charge >= 0.3 is 6.03 Å². The third kappa shape index (κ3) is 6.97. The number of benzene rings is 3. The number of hydrogen-bond acceptors (Lipinski definition) is 8. The summed E-state index contributed by atoms with van der Waals surface area (Å²) in [5.74, 6) is 2.57. The monoisotopic (exact) mass is 632 g/mol. The maximum atomic E-state index is 12.8. The van der Waals surface area contributed by atoms with E-state index in [4.69, 9.17) is 16.3 Å². The Kier molecular flexibility index (Phi) is 8.51. The second-order valence-corrected chi connectivity index (χ2v) is 11.6. The van der Waals surface area contributed by atoms with Crippen molar-refractivity contribution in [1.82, 2.24) is 25.2 Å². The number of anilines is 5. The lowest BCUT2D eigenvalue weighted by molar-refractivity contribution is 0.194. The third-order valence-electron chi connectivity index (χ3n) is 8.01. The lowest BCUT2D eigenvalue weighted by atomic mass is 10.0. The van der Waals surface area contributed by atoms with Crippen molar-refractivity contribution in [3.8, 4) is 16.9 Å². The van der Waals surface area contributed by atoms with Gasteiger partial charge in [-0.15, -0.1) is 0 Å². The van der Waals surface area contributed by atoms with Gasteiger partial charge < -0.3 is 30.5 Å². The highest BCUT2D eigenvalue weighted by molar-refractivity contribution is 6.32. The fourth-order valence-corrected chi connectivity index (χ4v) is 5.74. The Bertz CT molecular complexity index is 1850. The molecule has 0 atom stereocenters. The first kappa shape index (κ1) is 29.4. The minimum Gasteiger partial charge on any atom is -0.493 e. The number of halogens is 1. The van der Waals surface area contributed by atoms with E-state index < -0.39 is 0 Å². The van der Waals surface area contributed by atoms with Crippen LogP contribution in [-0.2, 0) is 13.0 Å². The van der Waals surface area contributed by atoms with Crippen molar-refractivity contribution in [3.05, 3.63) is 113 Å². The second-order valence-electron chi connectivity index (χ2n) is 11.2. The summed E-state index contributed by atoms with van der Waals surface area (Å²) >= 11 is 6.43. The van der Waals surface area contributed by atoms with Gasteiger partial charge in [-0.1, -0.05) is 54.1 Å². The van der Waals surface area contributed by atoms with Gasteiger partial charge in [-0.05, 0) is 58.7 Å². The van der Waals surface area contributed by atoms with Crippen molar-refractivity contribution in [2.24, 2.45) is 0 Å². The minimum atomic E-state index is -0.0442. The Labute approximate surface area is 272 Å². The molecule has 3 N–H and O–H groups in total. The van der Waals surface area contributed by atoms with Crippen LogP contribution in [0.2, 0.25) is 5.02 Å². The van der Waals surface area contributed by atoms with E-state index in [1.165, 1.54) is 0 Å². The highest BCUT2D eigenvalue weighted by atomic mass is 35.5. The molecule has 0 saturated carbocycles. The summed E-state index contributed by atoms with van der Waals surface area (Å²) in [5, 5.41) is 10.1. The molecule has 7 rings (SSSR count). The molecule has 4 heterocycles. The van der Waals surface area contributed by atoms with Crippen LogP contribution in [-0.4, -0.2) is 58.7 Å². The van der Waals surface area contributed by atoms with Gasteiger partial charge in [0, 0.05) is 62.8 Å². The number of aromatic nitrogens is 3. The Morgan fingerprint density at radius 3 is 2.61 bits per heavy atom. The Balaban J connectivity index is 1.08. The van der Waals surface area contributed by atoms with Crippen molar-refractivity contribution >= 4 is 46.6 Å². The van der Waals surface area contributed by atoms with Crippen LogP contribution in [0.5, 0.6) is 5.75 Å². The first-order chi connectivity index (χ1) is 22.6. The summed E-state index contributed by atoms with van der Waals surface area (Å²) in [6, 6.07) is 28.1. The largest absolute Gasteiger partial charge is 0.493 e. The highest BCUT2D eigenvalue weighted by Gasteiger charge is 2.22. The molecule has 2 aromatic heterocycles. The van der Waals surface area contributed by atoms with Crippen LogP contribution in [0.4, 0.5) is 33.8 Å². The Morgan fingerprint density at radius 2 is 1.74 bits per heavy atom. The van der Waals surface area contributed by atoms with E-state index in [-0.39, 0.29) is 6.03 Å². The molecule has 6 bridgehead atoms. The van der Waals surface area contributed by atoms with Crippen molar-refractivity contribution in [1.29, 1.82) is 0 Å². The summed E-state index contributed by atoms with van der Waals surface area (Å²) in [6.45, 7) is 3.67. The molecule has 232 valence electrons. The average Bonchev–Trinajstić information content (AvgIpc) is 3.09. The maximum Gasteiger partial charge on any atom is 0.317 e. The molecule has 2 amide bonds. The van der Waals surface area contributed by atoms with Gasteiger partial charge in [-0.3, -0.25) is 0 Å². The van der Waals surface area contributed by atoms with Gasteiger partial charge in [0.1, 0.15) is 16.6 Å². The van der Waals surface area contributed by atoms with E-state index >= 15 is 0 Å². The number of amides is 2. The predicted octanol–water partition coefficient (Wildman–Crippen LogP) is 6.65. The van der Waals surface area contributed by atoms with Crippen LogP contribution in [0.15, 0.2) is 97.3 Å². The molecule has 1 fully saturated rings. The predicted molar refractivity (Wildman–Crippen MR) is 181 cm³/mol. The number of carbonyl (C=O) groups is 1. The summed E-state index contributed by atoms with van der Waals surface area (Å²) < 4.78 is 6.11. The molecule has 5 aromatic rings. The number of rotatable bonds is 4. The van der Waals surface area contributed by atoms with Crippen LogP contribution in [0, 0.1) is 0 Å². The first-order valence-corrected chi connectivity index (χ1v) is 15.6. The lowest BCUT2D eigenvalue weighted by Gasteiger charge is -2.35. The molecule has 0 spiro atoms. The fraction of sp³-hybridized carbons (Fsp3) is 0.200. The van der Waals surface area contributed by atoms with Crippen LogP contribution in [0.3, 0.4) is 0 Å². The van der Waals surface area contributed by atoms with E-state index in [9.17, 15) is 4.79 Å². The van der Waals surface area contributed by atoms with Crippen molar-refractivity contribution in [2.45, 2.75) is 13.0 Å². The lowest BCUT2D eigenvalue weighted by Crippen LogP contribution is -2.51. The smallest absolute Gasteiger partial charge is 0.317 e. The molecule has 1 saturated heterocycles. The molecule has 0 unspecified atom stereocenters. The molecule has 2 aliphatic heterocycles. The van der Waals surface area contributed by atoms with Crippen LogP contribution < -0.4 is 25.6 Å². The molecule has 3 aromatic carbocycles. The van der Waals surface area contributed by atoms with E-state index in [1.54, 1.807) is 6.20 Å². The maximum absolute atomic E-state index is 12.8. The number of fused-ring (bicyclic) bond motifs is 6. The number of ether oxygens (including phenoxy) is 1. The number of carbonyl (C=O) groups excluding carboxylic acids is 1. The number of piperazine rings is 1. The van der Waals surface area contributed by atoms with Crippen molar-refractivity contribution in [2.75, 3.05) is 48.3 Å². The number of pyridine rings is 1. The molecule has 10 nitrogen and oxygen atoms in total. The molecule has 2 aliphatic rings. The molecule has 0 aliphatic carbocycles. The van der Waals surface area contributed by atoms with Gasteiger partial charge in [-0.2, -0.15) is 4.98 Å². The summed E-state index contributed by atoms with van der Waals surface area (Å²) in [7, 11) is 0. The zero-order valence-corrected chi connectivity index (χ0v) is 25.9. The van der Waals surface area contributed by atoms with Crippen molar-refractivity contribution in [3.63, 3.8) is 0 Å². The zero-order valence-electron chi connectivity index (χ0n) is 25.1. The van der Waals surface area contributed by atoms with Gasteiger partial charge in [0.25, 0.3) is 0 Å². The van der Waals surface area contributed by atoms with Crippen molar-refractivity contribution < 1.29 is 9.53 Å². The fourth-order valence-electron chi connectivity index (χ4n) is 5.60. The van der Waals surface area contributed by atoms with Gasteiger partial charge in [0.05, 0.1) is 12.8 Å². The zero-order chi connectivity index (χ0) is 31.3. The minimum absolute atomic E-state index is 0.0442. The molecule has 11 heteroatoms. The first-order valence-electron chi connectivity index (χ1n) is 15.3. The Hall–Kier alpha value is -5.35. The van der Waals surface area contributed by atoms with Crippen LogP contribution in [0.25, 0.3) is 11.1 Å². The number of hydrogen-bond donors (Lipinski definition) is 3. The van der Waals surface area contributed by atoms with E-state index in [2.05, 4.69) is 60.1 Å². The number of nitrogens with one attached hydrogen (secondary N) is 3. The number of nitrogens with zero attached hydrogens (tertiary/aromatic N) is 5. The normalized spacial score (nSPS) is 14.3. The third-order valence-corrected chi connectivity index (χ3v) is 8.28. The number of urea groups is 1. The molecular formula is C35H33ClN8O2. The molecule has 46 heavy (non-hydrogen) atoms. The van der Waals surface area contributed by atoms with Crippen LogP contribution >= 0.6 is 11.6 Å². The van der Waals surface area contributed by atoms with Gasteiger partial charge in [0.2, 0.25) is 5.95 Å². The molecular weight excluding hydrogens is 600 g/mol. The highest BCUT2D eigenvalue weighted by Crippen LogP contribution is 2.31. The molecule has 0 radical (unpaired) electrons. The van der Waals surface area contributed by atoms with Gasteiger partial charge in [0.15, 0.2) is 5.82 Å². The summed E-state index contributed by atoms with van der Waals surface area (Å²) in [4.78, 5) is 30.6. The second kappa shape index (κ2) is 13.3. The SMILES string of the molecule is O=C(NCc1ccccc1)N1CCN(c2cc(-c3cc4cc(c3)Nc3ncc(Cl)c(n3)Nc3cccc(c3)OCC4)ccn2)CC1. The average molecular weight is 633 g/mol. The van der Waals surface area contributed by atoms with E-state index in [0.717, 1.165) is 45.2 Å². The van der Waals surface area contributed by atoms with E-state index in [1.807, 2.05) is 71.8 Å². The quantitative estimate of drug-likeness (QED) is 0.202. The van der Waals surface area contributed by atoms with E-state index in [0.29, 0.717) is 62.5 Å². The topological polar surface area (TPSA) is 108 Å². The Morgan fingerprint density at radius 1 is 0.870 bits per heavy atom.